The van der Waals surface area contributed by atoms with Crippen molar-refractivity contribution >= 4 is 6.09 Å². The minimum absolute atomic E-state index is 0.136. The van der Waals surface area contributed by atoms with Gasteiger partial charge in [-0.3, -0.25) is 0 Å². The Balaban J connectivity index is 1.77. The monoisotopic (exact) mass is 305 g/mol. The van der Waals surface area contributed by atoms with Crippen molar-refractivity contribution in [1.29, 1.82) is 0 Å². The van der Waals surface area contributed by atoms with Gasteiger partial charge in [0.05, 0.1) is 12.2 Å². The van der Waals surface area contributed by atoms with Gasteiger partial charge in [0, 0.05) is 13.1 Å². The maximum Gasteiger partial charge on any atom is 0.410 e. The van der Waals surface area contributed by atoms with E-state index in [0.29, 0.717) is 13.2 Å². The summed E-state index contributed by atoms with van der Waals surface area (Å²) in [4.78, 5) is 13.7. The molecule has 0 radical (unpaired) electrons. The second-order valence-corrected chi connectivity index (χ2v) is 6.82. The Labute approximate surface area is 133 Å². The number of amides is 1. The first-order chi connectivity index (χ1) is 10.4. The fraction of sp³-hybridized carbons (Fsp3) is 0.611. The normalized spacial score (nSPS) is 15.7. The number of hydrogen-bond donors (Lipinski definition) is 0. The minimum atomic E-state index is -0.195. The highest BCUT2D eigenvalue weighted by Crippen LogP contribution is 2.14. The van der Waals surface area contributed by atoms with Gasteiger partial charge in [0.25, 0.3) is 0 Å². The lowest BCUT2D eigenvalue weighted by Crippen LogP contribution is -2.35. The van der Waals surface area contributed by atoms with Gasteiger partial charge in [0.1, 0.15) is 6.61 Å². The zero-order valence-corrected chi connectivity index (χ0v) is 13.9. The van der Waals surface area contributed by atoms with Crippen LogP contribution in [0, 0.1) is 0 Å². The number of rotatable bonds is 4. The summed E-state index contributed by atoms with van der Waals surface area (Å²) in [5.74, 6) is 0. The Morgan fingerprint density at radius 2 is 1.55 bits per heavy atom. The number of ether oxygens (including phenoxy) is 2. The molecule has 1 amide bonds. The Kier molecular flexibility index (Phi) is 5.83. The van der Waals surface area contributed by atoms with Gasteiger partial charge in [-0.1, -0.05) is 24.3 Å². The fourth-order valence-corrected chi connectivity index (χ4v) is 2.34. The second kappa shape index (κ2) is 7.63. The van der Waals surface area contributed by atoms with Gasteiger partial charge in [-0.2, -0.15) is 0 Å². The highest BCUT2D eigenvalue weighted by Gasteiger charge is 2.17. The molecule has 2 rings (SSSR count). The summed E-state index contributed by atoms with van der Waals surface area (Å²) < 4.78 is 11.1. The van der Waals surface area contributed by atoms with Crippen molar-refractivity contribution in [2.75, 3.05) is 13.1 Å². The van der Waals surface area contributed by atoms with E-state index in [1.807, 2.05) is 45.0 Å². The summed E-state index contributed by atoms with van der Waals surface area (Å²) in [6.07, 6.45) is 3.18. The predicted octanol–water partition coefficient (Wildman–Crippen LogP) is 4.12. The standard InChI is InChI=1S/C18H27NO3/c1-18(2,3)22-14-16-9-7-15(8-10-16)13-21-17(20)19-11-5-4-6-12-19/h7-10H,4-6,11-14H2,1-3H3. The molecular weight excluding hydrogens is 278 g/mol. The van der Waals surface area contributed by atoms with Crippen molar-refractivity contribution in [2.24, 2.45) is 0 Å². The molecule has 1 aliphatic heterocycles. The van der Waals surface area contributed by atoms with Crippen molar-refractivity contribution in [3.63, 3.8) is 0 Å². The minimum Gasteiger partial charge on any atom is -0.445 e. The zero-order valence-electron chi connectivity index (χ0n) is 13.9. The van der Waals surface area contributed by atoms with Crippen LogP contribution in [-0.4, -0.2) is 29.7 Å². The molecule has 0 aromatic heterocycles. The maximum atomic E-state index is 11.9. The molecule has 0 spiro atoms. The third-order valence-electron chi connectivity index (χ3n) is 3.67. The molecule has 4 nitrogen and oxygen atoms in total. The van der Waals surface area contributed by atoms with E-state index in [4.69, 9.17) is 9.47 Å². The van der Waals surface area contributed by atoms with E-state index < -0.39 is 0 Å². The molecular formula is C18H27NO3. The number of benzene rings is 1. The molecule has 22 heavy (non-hydrogen) atoms. The van der Waals surface area contributed by atoms with Gasteiger partial charge < -0.3 is 14.4 Å². The van der Waals surface area contributed by atoms with Crippen molar-refractivity contribution in [3.05, 3.63) is 35.4 Å². The average Bonchev–Trinajstić information content (AvgIpc) is 2.52. The van der Waals surface area contributed by atoms with E-state index in [2.05, 4.69) is 0 Å². The van der Waals surface area contributed by atoms with E-state index in [1.165, 1.54) is 6.42 Å². The van der Waals surface area contributed by atoms with Crippen LogP contribution >= 0.6 is 0 Å². The van der Waals surface area contributed by atoms with Crippen LogP contribution < -0.4 is 0 Å². The Morgan fingerprint density at radius 3 is 2.09 bits per heavy atom. The largest absolute Gasteiger partial charge is 0.445 e. The van der Waals surface area contributed by atoms with Gasteiger partial charge >= 0.3 is 6.09 Å². The van der Waals surface area contributed by atoms with Crippen LogP contribution in [0.2, 0.25) is 0 Å². The molecule has 1 heterocycles. The highest BCUT2D eigenvalue weighted by molar-refractivity contribution is 5.67. The molecule has 0 saturated carbocycles. The lowest BCUT2D eigenvalue weighted by molar-refractivity contribution is -0.0149. The topological polar surface area (TPSA) is 38.8 Å². The molecule has 1 aromatic carbocycles. The number of carbonyl (C=O) groups excluding carboxylic acids is 1. The van der Waals surface area contributed by atoms with Crippen molar-refractivity contribution in [3.8, 4) is 0 Å². The summed E-state index contributed by atoms with van der Waals surface area (Å²) in [5.41, 5.74) is 1.99. The summed E-state index contributed by atoms with van der Waals surface area (Å²) in [6.45, 7) is 8.70. The van der Waals surface area contributed by atoms with Crippen molar-refractivity contribution in [2.45, 2.75) is 58.8 Å². The van der Waals surface area contributed by atoms with E-state index in [0.717, 1.165) is 37.1 Å². The first-order valence-electron chi connectivity index (χ1n) is 8.07. The van der Waals surface area contributed by atoms with Gasteiger partial charge in [-0.15, -0.1) is 0 Å². The number of carbonyl (C=O) groups is 1. The number of likely N-dealkylation sites (tertiary alicyclic amines) is 1. The van der Waals surface area contributed by atoms with Crippen molar-refractivity contribution in [1.82, 2.24) is 4.90 Å². The Hall–Kier alpha value is -1.55. The molecule has 1 aromatic rings. The number of hydrogen-bond acceptors (Lipinski definition) is 3. The van der Waals surface area contributed by atoms with Crippen LogP contribution in [-0.2, 0) is 22.7 Å². The van der Waals surface area contributed by atoms with E-state index in [9.17, 15) is 4.79 Å². The first-order valence-corrected chi connectivity index (χ1v) is 8.07. The fourth-order valence-electron chi connectivity index (χ4n) is 2.34. The molecule has 0 bridgehead atoms. The van der Waals surface area contributed by atoms with E-state index in [1.54, 1.807) is 4.90 Å². The lowest BCUT2D eigenvalue weighted by Gasteiger charge is -2.25. The lowest BCUT2D eigenvalue weighted by atomic mass is 10.1. The molecule has 4 heteroatoms. The maximum absolute atomic E-state index is 11.9. The Morgan fingerprint density at radius 1 is 1.00 bits per heavy atom. The van der Waals surface area contributed by atoms with Gasteiger partial charge in [-0.25, -0.2) is 4.79 Å². The average molecular weight is 305 g/mol. The number of piperidine rings is 1. The molecule has 0 atom stereocenters. The molecule has 0 unspecified atom stereocenters. The molecule has 1 aliphatic rings. The molecule has 1 fully saturated rings. The SMILES string of the molecule is CC(C)(C)OCc1ccc(COC(=O)N2CCCCC2)cc1. The Bertz CT molecular complexity index is 470. The zero-order chi connectivity index (χ0) is 16.0. The third-order valence-corrected chi connectivity index (χ3v) is 3.67. The molecule has 122 valence electrons. The van der Waals surface area contributed by atoms with Crippen LogP contribution in [0.1, 0.15) is 51.2 Å². The van der Waals surface area contributed by atoms with Crippen LogP contribution in [0.15, 0.2) is 24.3 Å². The van der Waals surface area contributed by atoms with Crippen molar-refractivity contribution < 1.29 is 14.3 Å². The summed E-state index contributed by atoms with van der Waals surface area (Å²) in [5, 5.41) is 0. The summed E-state index contributed by atoms with van der Waals surface area (Å²) in [7, 11) is 0. The van der Waals surface area contributed by atoms with E-state index in [-0.39, 0.29) is 11.7 Å². The van der Waals surface area contributed by atoms with Crippen LogP contribution in [0.25, 0.3) is 0 Å². The van der Waals surface area contributed by atoms with Crippen LogP contribution in [0.5, 0.6) is 0 Å². The summed E-state index contributed by atoms with van der Waals surface area (Å²) >= 11 is 0. The predicted molar refractivity (Wildman–Crippen MR) is 86.6 cm³/mol. The molecule has 0 aliphatic carbocycles. The van der Waals surface area contributed by atoms with Gasteiger partial charge in [0.2, 0.25) is 0 Å². The number of nitrogens with zero attached hydrogens (tertiary/aromatic N) is 1. The van der Waals surface area contributed by atoms with Gasteiger partial charge in [-0.05, 0) is 51.2 Å². The second-order valence-electron chi connectivity index (χ2n) is 6.82. The van der Waals surface area contributed by atoms with E-state index >= 15 is 0 Å². The highest BCUT2D eigenvalue weighted by atomic mass is 16.6. The van der Waals surface area contributed by atoms with Crippen LogP contribution in [0.3, 0.4) is 0 Å². The third kappa shape index (κ3) is 5.68. The molecule has 1 saturated heterocycles. The first kappa shape index (κ1) is 16.8. The summed E-state index contributed by atoms with van der Waals surface area (Å²) in [6, 6.07) is 8.03. The van der Waals surface area contributed by atoms with Crippen LogP contribution in [0.4, 0.5) is 4.79 Å². The smallest absolute Gasteiger partial charge is 0.410 e. The quantitative estimate of drug-likeness (QED) is 0.839. The van der Waals surface area contributed by atoms with Gasteiger partial charge in [0.15, 0.2) is 0 Å². The molecule has 0 N–H and O–H groups in total.